The number of hydrogen-bond acceptors (Lipinski definition) is 6. The molecule has 0 saturated heterocycles. The summed E-state index contributed by atoms with van der Waals surface area (Å²) in [4.78, 5) is 50.6. The fourth-order valence-corrected chi connectivity index (χ4v) is 3.42. The van der Waals surface area contributed by atoms with Gasteiger partial charge in [-0.3, -0.25) is 4.79 Å². The number of anilines is 1. The van der Waals surface area contributed by atoms with E-state index in [2.05, 4.69) is 21.2 Å². The number of carbonyl (C=O) groups excluding carboxylic acids is 3. The van der Waals surface area contributed by atoms with Crippen LogP contribution in [0.4, 0.5) is 5.69 Å². The van der Waals surface area contributed by atoms with Gasteiger partial charge in [-0.15, -0.1) is 0 Å². The van der Waals surface area contributed by atoms with Crippen molar-refractivity contribution in [1.29, 1.82) is 0 Å². The van der Waals surface area contributed by atoms with Gasteiger partial charge in [-0.1, -0.05) is 57.4 Å². The monoisotopic (exact) mass is 539 g/mol. The maximum Gasteiger partial charge on any atom is 0.349 e. The lowest BCUT2D eigenvalue weighted by molar-refractivity contribution is -0.157. The van der Waals surface area contributed by atoms with Gasteiger partial charge in [0.15, 0.2) is 0 Å². The molecule has 0 heterocycles. The summed E-state index contributed by atoms with van der Waals surface area (Å²) in [5.41, 5.74) is 2.27. The van der Waals surface area contributed by atoms with Crippen LogP contribution < -0.4 is 5.32 Å². The van der Waals surface area contributed by atoms with E-state index in [1.165, 1.54) is 24.3 Å². The number of ether oxygens (including phenoxy) is 2. The maximum absolute atomic E-state index is 13.1. The molecule has 0 aliphatic rings. The minimum atomic E-state index is -2.11. The predicted octanol–water partition coefficient (Wildman–Crippen LogP) is 4.54. The summed E-state index contributed by atoms with van der Waals surface area (Å²) in [6.07, 6.45) is -4.08. The molecule has 2 atom stereocenters. The molecular weight excluding hydrogens is 518 g/mol. The molecule has 3 rings (SSSR count). The number of aryl methyl sites for hydroxylation is 2. The normalized spacial score (nSPS) is 12.2. The number of nitrogens with one attached hydrogen (secondary N) is 1. The van der Waals surface area contributed by atoms with Crippen molar-refractivity contribution in [2.45, 2.75) is 26.1 Å². The number of halogens is 1. The van der Waals surface area contributed by atoms with Crippen LogP contribution in [0.25, 0.3) is 0 Å². The van der Waals surface area contributed by atoms with Gasteiger partial charge in [0, 0.05) is 10.2 Å². The van der Waals surface area contributed by atoms with Crippen LogP contribution >= 0.6 is 15.9 Å². The van der Waals surface area contributed by atoms with Crippen molar-refractivity contribution in [2.24, 2.45) is 0 Å². The molecule has 0 aromatic heterocycles. The Hall–Kier alpha value is -3.98. The second kappa shape index (κ2) is 11.4. The van der Waals surface area contributed by atoms with Gasteiger partial charge in [-0.05, 0) is 56.3 Å². The molecule has 0 spiro atoms. The first-order chi connectivity index (χ1) is 16.6. The highest BCUT2D eigenvalue weighted by molar-refractivity contribution is 9.10. The standard InChI is InChI=1S/C26H22BrNO7/c1-15-6-10-17(11-7-15)25(32)34-21(23(29)28-20-5-3-4-19(27)14-20)22(24(30)31)35-26(33)18-12-8-16(2)9-13-18/h3-14,21-22H,1-2H3,(H,28,29)(H,30,31)/t21-,22+/m0/s1. The maximum atomic E-state index is 13.1. The van der Waals surface area contributed by atoms with Crippen LogP contribution in [-0.2, 0) is 19.1 Å². The molecule has 1 amide bonds. The van der Waals surface area contributed by atoms with Crippen molar-refractivity contribution in [3.63, 3.8) is 0 Å². The Balaban J connectivity index is 1.90. The first-order valence-corrected chi connectivity index (χ1v) is 11.3. The van der Waals surface area contributed by atoms with Gasteiger partial charge < -0.3 is 19.9 Å². The van der Waals surface area contributed by atoms with Crippen molar-refractivity contribution >= 4 is 45.4 Å². The van der Waals surface area contributed by atoms with Gasteiger partial charge in [-0.2, -0.15) is 0 Å². The number of rotatable bonds is 8. The molecule has 0 saturated carbocycles. The topological polar surface area (TPSA) is 119 Å². The Labute approximate surface area is 210 Å². The van der Waals surface area contributed by atoms with E-state index in [9.17, 15) is 24.3 Å². The van der Waals surface area contributed by atoms with Crippen molar-refractivity contribution in [3.8, 4) is 0 Å². The summed E-state index contributed by atoms with van der Waals surface area (Å²) >= 11 is 3.28. The van der Waals surface area contributed by atoms with Gasteiger partial charge in [0.25, 0.3) is 5.91 Å². The number of aliphatic carboxylic acids is 1. The molecule has 9 heteroatoms. The minimum Gasteiger partial charge on any atom is -0.478 e. The largest absolute Gasteiger partial charge is 0.478 e. The molecule has 180 valence electrons. The minimum absolute atomic E-state index is 0.0814. The Morgan fingerprint density at radius 2 is 1.26 bits per heavy atom. The number of carboxylic acids is 1. The molecule has 8 nitrogen and oxygen atoms in total. The number of esters is 2. The molecule has 3 aromatic rings. The van der Waals surface area contributed by atoms with Crippen LogP contribution in [0.1, 0.15) is 31.8 Å². The number of benzene rings is 3. The highest BCUT2D eigenvalue weighted by atomic mass is 79.9. The van der Waals surface area contributed by atoms with Crippen molar-refractivity contribution in [3.05, 3.63) is 99.5 Å². The fourth-order valence-electron chi connectivity index (χ4n) is 3.02. The predicted molar refractivity (Wildman–Crippen MR) is 131 cm³/mol. The van der Waals surface area contributed by atoms with E-state index < -0.39 is 36.0 Å². The number of hydrogen-bond donors (Lipinski definition) is 2. The van der Waals surface area contributed by atoms with Crippen LogP contribution in [0.3, 0.4) is 0 Å². The third-order valence-corrected chi connectivity index (χ3v) is 5.40. The summed E-state index contributed by atoms with van der Waals surface area (Å²) in [5.74, 6) is -4.56. The number of carboxylic acid groups (broad SMARTS) is 1. The van der Waals surface area contributed by atoms with Crippen molar-refractivity contribution in [1.82, 2.24) is 0 Å². The Morgan fingerprint density at radius 1 is 0.771 bits per heavy atom. The third-order valence-electron chi connectivity index (χ3n) is 4.91. The molecule has 0 radical (unpaired) electrons. The summed E-state index contributed by atoms with van der Waals surface area (Å²) < 4.78 is 11.1. The lowest BCUT2D eigenvalue weighted by Gasteiger charge is -2.23. The zero-order chi connectivity index (χ0) is 25.5. The van der Waals surface area contributed by atoms with E-state index in [-0.39, 0.29) is 11.1 Å². The van der Waals surface area contributed by atoms with Crippen LogP contribution in [-0.4, -0.2) is 41.1 Å². The SMILES string of the molecule is Cc1ccc(C(=O)O[C@H](C(=O)Nc2cccc(Br)c2)[C@@H](OC(=O)c2ccc(C)cc2)C(=O)O)cc1. The van der Waals surface area contributed by atoms with Gasteiger partial charge in [0.2, 0.25) is 12.2 Å². The van der Waals surface area contributed by atoms with Gasteiger partial charge in [-0.25, -0.2) is 14.4 Å². The van der Waals surface area contributed by atoms with Crippen LogP contribution in [0, 0.1) is 13.8 Å². The molecular formula is C26H22BrNO7. The molecule has 0 aliphatic carbocycles. The highest BCUT2D eigenvalue weighted by Gasteiger charge is 2.41. The average molecular weight is 540 g/mol. The molecule has 35 heavy (non-hydrogen) atoms. The molecule has 0 bridgehead atoms. The Bertz CT molecular complexity index is 1240. The molecule has 2 N–H and O–H groups in total. The molecule has 0 fully saturated rings. The Morgan fingerprint density at radius 3 is 1.71 bits per heavy atom. The van der Waals surface area contributed by atoms with E-state index in [1.54, 1.807) is 48.5 Å². The van der Waals surface area contributed by atoms with Gasteiger partial charge in [0.1, 0.15) is 0 Å². The second-order valence-electron chi connectivity index (χ2n) is 7.72. The fraction of sp³-hybridized carbons (Fsp3) is 0.154. The lowest BCUT2D eigenvalue weighted by Crippen LogP contribution is -2.48. The first kappa shape index (κ1) is 25.6. The molecule has 0 unspecified atom stereocenters. The highest BCUT2D eigenvalue weighted by Crippen LogP contribution is 2.19. The molecule has 0 aliphatic heterocycles. The lowest BCUT2D eigenvalue weighted by atomic mass is 10.1. The summed E-state index contributed by atoms with van der Waals surface area (Å²) in [7, 11) is 0. The zero-order valence-corrected chi connectivity index (χ0v) is 20.4. The smallest absolute Gasteiger partial charge is 0.349 e. The quantitative estimate of drug-likeness (QED) is 0.403. The van der Waals surface area contributed by atoms with E-state index in [0.717, 1.165) is 11.1 Å². The molecule has 3 aromatic carbocycles. The van der Waals surface area contributed by atoms with Gasteiger partial charge >= 0.3 is 17.9 Å². The number of amides is 1. The van der Waals surface area contributed by atoms with Crippen LogP contribution in [0.15, 0.2) is 77.3 Å². The van der Waals surface area contributed by atoms with Crippen LogP contribution in [0.5, 0.6) is 0 Å². The van der Waals surface area contributed by atoms with E-state index >= 15 is 0 Å². The first-order valence-electron chi connectivity index (χ1n) is 10.5. The second-order valence-corrected chi connectivity index (χ2v) is 8.64. The average Bonchev–Trinajstić information content (AvgIpc) is 2.81. The zero-order valence-electron chi connectivity index (χ0n) is 18.9. The third kappa shape index (κ3) is 7.00. The summed E-state index contributed by atoms with van der Waals surface area (Å²) in [6, 6.07) is 19.1. The summed E-state index contributed by atoms with van der Waals surface area (Å²) in [6.45, 7) is 3.65. The summed E-state index contributed by atoms with van der Waals surface area (Å²) in [5, 5.41) is 12.3. The van der Waals surface area contributed by atoms with Crippen molar-refractivity contribution < 1.29 is 33.8 Å². The van der Waals surface area contributed by atoms with Crippen LogP contribution in [0.2, 0.25) is 0 Å². The van der Waals surface area contributed by atoms with E-state index in [4.69, 9.17) is 9.47 Å². The Kier molecular flexibility index (Phi) is 8.38. The van der Waals surface area contributed by atoms with E-state index in [1.807, 2.05) is 13.8 Å². The van der Waals surface area contributed by atoms with Crippen molar-refractivity contribution in [2.75, 3.05) is 5.32 Å². The van der Waals surface area contributed by atoms with Gasteiger partial charge in [0.05, 0.1) is 11.1 Å². The number of carbonyl (C=O) groups is 4. The van der Waals surface area contributed by atoms with E-state index in [0.29, 0.717) is 10.2 Å².